The molecule has 6 aromatic carbocycles. The van der Waals surface area contributed by atoms with Gasteiger partial charge in [-0.05, 0) is 144 Å². The zero-order valence-corrected chi connectivity index (χ0v) is 60.1. The first-order chi connectivity index (χ1) is 50.1. The summed E-state index contributed by atoms with van der Waals surface area (Å²) in [5.74, 6) is -5.88. The highest BCUT2D eigenvalue weighted by Crippen LogP contribution is 2.46. The molecular weight excluding hydrogens is 1440 g/mol. The van der Waals surface area contributed by atoms with E-state index in [1.54, 1.807) is 26.1 Å². The van der Waals surface area contributed by atoms with Crippen LogP contribution in [0.15, 0.2) is 145 Å². The third-order valence-electron chi connectivity index (χ3n) is 19.8. The van der Waals surface area contributed by atoms with Gasteiger partial charge in [-0.15, -0.1) is 0 Å². The molecule has 18 nitrogen and oxygen atoms in total. The van der Waals surface area contributed by atoms with Crippen LogP contribution in [-0.4, -0.2) is 123 Å². The maximum Gasteiger partial charge on any atom is 0.341 e. The minimum Gasteiger partial charge on any atom is -0.477 e. The second-order valence-electron chi connectivity index (χ2n) is 27.3. The molecule has 3 saturated heterocycles. The average Bonchev–Trinajstić information content (AvgIpc) is 1.61. The smallest absolute Gasteiger partial charge is 0.341 e. The second kappa shape index (κ2) is 31.8. The molecule has 0 radical (unpaired) electrons. The van der Waals surface area contributed by atoms with Crippen molar-refractivity contribution in [3.63, 3.8) is 0 Å². The number of benzene rings is 6. The number of hydrogen-bond donors (Lipinski definition) is 3. The summed E-state index contributed by atoms with van der Waals surface area (Å²) >= 11 is 32.6. The number of hydrogen-bond acceptors (Lipinski definition) is 12. The van der Waals surface area contributed by atoms with Gasteiger partial charge in [0.05, 0.1) is 83.0 Å². The van der Waals surface area contributed by atoms with Crippen LogP contribution in [-0.2, 0) is 0 Å². The van der Waals surface area contributed by atoms with E-state index < -0.39 is 51.6 Å². The Morgan fingerprint density at radius 1 is 0.413 bits per heavy atom. The number of halogens is 8. The minimum absolute atomic E-state index is 0.00446. The van der Waals surface area contributed by atoms with Crippen LogP contribution in [0.25, 0.3) is 32.7 Å². The molecule has 26 heteroatoms. The molecule has 0 bridgehead atoms. The Balaban J connectivity index is 0.000000139. The van der Waals surface area contributed by atoms with E-state index in [0.29, 0.717) is 65.9 Å². The van der Waals surface area contributed by atoms with E-state index in [-0.39, 0.29) is 101 Å². The monoisotopic (exact) mass is 1510 g/mol. The van der Waals surface area contributed by atoms with Crippen molar-refractivity contribution in [1.29, 1.82) is 0 Å². The van der Waals surface area contributed by atoms with Crippen molar-refractivity contribution in [2.75, 3.05) is 54.0 Å². The number of carbonyl (C=O) groups is 3. The number of aliphatic imine (C=N–C) groups is 3. The molecule has 0 spiro atoms. The maximum absolute atomic E-state index is 15.5. The molecule has 0 amide bonds. The fraction of sp³-hybridized carbons (Fsp3) is 0.346. The van der Waals surface area contributed by atoms with Gasteiger partial charge in [0.25, 0.3) is 0 Å². The van der Waals surface area contributed by atoms with Gasteiger partial charge in [-0.25, -0.2) is 27.6 Å². The minimum atomic E-state index is -1.33. The van der Waals surface area contributed by atoms with Gasteiger partial charge in [-0.2, -0.15) is 0 Å². The Hall–Kier alpha value is -8.99. The fourth-order valence-corrected chi connectivity index (χ4v) is 15.7. The van der Waals surface area contributed by atoms with E-state index in [4.69, 9.17) is 73.0 Å². The number of aromatic carboxylic acids is 3. The highest BCUT2D eigenvalue weighted by Gasteiger charge is 2.36. The van der Waals surface area contributed by atoms with E-state index in [1.807, 2.05) is 99.8 Å². The lowest BCUT2D eigenvalue weighted by Gasteiger charge is -2.27. The van der Waals surface area contributed by atoms with Crippen LogP contribution < -0.4 is 31.0 Å². The molecule has 3 aromatic heterocycles. The highest BCUT2D eigenvalue weighted by atomic mass is 35.5. The van der Waals surface area contributed by atoms with Gasteiger partial charge in [-0.1, -0.05) is 119 Å². The van der Waals surface area contributed by atoms with Crippen LogP contribution in [0.4, 0.5) is 30.2 Å². The Kier molecular flexibility index (Phi) is 22.4. The Morgan fingerprint density at radius 3 is 1.08 bits per heavy atom. The number of carboxylic acids is 3. The van der Waals surface area contributed by atoms with E-state index in [0.717, 1.165) is 131 Å². The molecule has 6 aliphatic rings. The summed E-state index contributed by atoms with van der Waals surface area (Å²) in [5, 5.41) is 30.2. The van der Waals surface area contributed by atoms with Crippen LogP contribution in [0.5, 0.6) is 0 Å². The van der Waals surface area contributed by atoms with Crippen LogP contribution in [0.3, 0.4) is 0 Å². The number of nitrogens with zero attached hydrogens (tertiary/aromatic N) is 9. The SMILES string of the molecule is O=C(O)c1cn(C2CC2)c2c(Cl)c(N3CCCC[C@@H](N=Cc4ccc(Cl)cc4)C3)c(F)cc2c1=O.O=C(O)c1cn(C2CC2)c2c(Cl)c(N3CCCC[C@@H](N=Cc4ccccc4)C3)c(F)cc2c1=O.O=C(O)c1cn(C2CC2)c2c(Cl)c(N3CCCC[C@@H](N=Cc4ccccc4Cl)C3)c(F)cc2c1=O. The maximum atomic E-state index is 15.5. The fourth-order valence-electron chi connectivity index (χ4n) is 14.1. The van der Waals surface area contributed by atoms with Crippen molar-refractivity contribution in [3.05, 3.63) is 222 Å². The first-order valence-corrected chi connectivity index (χ1v) is 36.8. The first kappa shape index (κ1) is 73.3. The van der Waals surface area contributed by atoms with Crippen LogP contribution >= 0.6 is 58.0 Å². The number of fused-ring (bicyclic) bond motifs is 3. The number of rotatable bonds is 15. The third kappa shape index (κ3) is 16.1. The predicted molar refractivity (Wildman–Crippen MR) is 407 cm³/mol. The van der Waals surface area contributed by atoms with Crippen molar-refractivity contribution in [3.8, 4) is 0 Å². The van der Waals surface area contributed by atoms with E-state index in [1.165, 1.54) is 18.6 Å². The average molecular weight is 1510 g/mol. The topological polar surface area (TPSA) is 225 Å². The standard InChI is InChI=1S/2C26H24Cl2FN3O3.C26H25ClFN3O3/c27-20-7-2-1-5-15(20)12-30-16-6-3-4-10-31(13-16)24-21(29)11-18-23(22(24)28)32(17-8-9-17)14-19(25(18)33)26(34)35;27-16-6-4-15(5-7-16)12-30-17-3-1-2-10-31(13-17)24-21(29)11-19-23(22(24)28)32(18-8-9-18)14-20(25(19)33)26(34)35;27-22-23-19(25(32)20(26(33)34)15-31(23)18-9-10-18)12-21(28)24(22)30-11-5-4-8-17(14-30)29-13-16-6-2-1-3-7-16/h1-2,5,7,11-12,14,16-17H,3-4,6,8-10,13H2,(H,34,35);4-7,11-12,14,17-18H,1-3,8-10,13H2,(H,34,35);1-3,6-7,12-13,15,17-18H,4-5,8-11,14H2,(H,33,34)/t16-;2*17-/m111/s1. The number of carboxylic acid groups (broad SMARTS) is 3. The molecule has 3 saturated carbocycles. The lowest BCUT2D eigenvalue weighted by atomic mass is 10.1. The Morgan fingerprint density at radius 2 is 0.740 bits per heavy atom. The summed E-state index contributed by atoms with van der Waals surface area (Å²) in [4.78, 5) is 93.4. The van der Waals surface area contributed by atoms with E-state index in [9.17, 15) is 44.1 Å². The quantitative estimate of drug-likeness (QED) is 0.0815. The lowest BCUT2D eigenvalue weighted by molar-refractivity contribution is 0.0684. The molecule has 0 unspecified atom stereocenters. The molecule has 3 aliphatic carbocycles. The van der Waals surface area contributed by atoms with Gasteiger partial charge in [0, 0.05) is 110 Å². The molecule has 3 atom stereocenters. The molecule has 540 valence electrons. The summed E-state index contributed by atoms with van der Waals surface area (Å²) < 4.78 is 51.7. The molecule has 3 N–H and O–H groups in total. The first-order valence-electron chi connectivity index (χ1n) is 34.9. The lowest BCUT2D eigenvalue weighted by Crippen LogP contribution is -2.31. The summed E-state index contributed by atoms with van der Waals surface area (Å²) in [6.45, 7) is 3.28. The van der Waals surface area contributed by atoms with Gasteiger partial charge in [0.2, 0.25) is 16.3 Å². The van der Waals surface area contributed by atoms with Crippen molar-refractivity contribution in [2.24, 2.45) is 15.0 Å². The molecule has 15 rings (SSSR count). The molecule has 6 fully saturated rings. The van der Waals surface area contributed by atoms with Crippen molar-refractivity contribution >= 4 is 144 Å². The van der Waals surface area contributed by atoms with Crippen molar-refractivity contribution < 1.29 is 42.9 Å². The molecule has 3 aliphatic heterocycles. The second-order valence-corrected chi connectivity index (χ2v) is 29.3. The van der Waals surface area contributed by atoms with Gasteiger partial charge in [0.1, 0.15) is 34.1 Å². The Bertz CT molecular complexity index is 5120. The predicted octanol–water partition coefficient (Wildman–Crippen LogP) is 17.2. The van der Waals surface area contributed by atoms with Gasteiger partial charge in [-0.3, -0.25) is 29.4 Å². The third-order valence-corrected chi connectivity index (χ3v) is 21.5. The summed E-state index contributed by atoms with van der Waals surface area (Å²) in [7, 11) is 0. The van der Waals surface area contributed by atoms with Crippen LogP contribution in [0.2, 0.25) is 25.1 Å². The number of anilines is 3. The molecular formula is C78H73Cl5F3N9O9. The molecule has 6 heterocycles. The number of aromatic nitrogens is 3. The summed E-state index contributed by atoms with van der Waals surface area (Å²) in [6.07, 6.45) is 22.6. The van der Waals surface area contributed by atoms with Crippen LogP contribution in [0.1, 0.15) is 162 Å². The zero-order chi connectivity index (χ0) is 73.2. The Labute approximate surface area is 620 Å². The van der Waals surface area contributed by atoms with Crippen LogP contribution in [0, 0.1) is 17.5 Å². The van der Waals surface area contributed by atoms with Crippen molar-refractivity contribution in [1.82, 2.24) is 13.7 Å². The molecule has 9 aromatic rings. The zero-order valence-electron chi connectivity index (χ0n) is 56.4. The summed E-state index contributed by atoms with van der Waals surface area (Å²) in [6, 6.07) is 28.1. The van der Waals surface area contributed by atoms with Gasteiger partial charge < -0.3 is 43.7 Å². The van der Waals surface area contributed by atoms with Crippen molar-refractivity contribution in [2.45, 2.75) is 133 Å². The van der Waals surface area contributed by atoms with Gasteiger partial charge >= 0.3 is 17.9 Å². The van der Waals surface area contributed by atoms with E-state index in [2.05, 4.69) is 0 Å². The summed E-state index contributed by atoms with van der Waals surface area (Å²) in [5.41, 5.74) is 1.40. The normalized spacial score (nSPS) is 18.9. The largest absolute Gasteiger partial charge is 0.477 e. The van der Waals surface area contributed by atoms with E-state index >= 15 is 13.2 Å². The van der Waals surface area contributed by atoms with Gasteiger partial charge in [0.15, 0.2) is 0 Å². The number of pyridine rings is 3. The molecule has 104 heavy (non-hydrogen) atoms. The highest BCUT2D eigenvalue weighted by molar-refractivity contribution is 6.39.